The van der Waals surface area contributed by atoms with Gasteiger partial charge in [-0.3, -0.25) is 9.59 Å². The maximum atomic E-state index is 12.2. The lowest BCUT2D eigenvalue weighted by molar-refractivity contribution is -0.122. The van der Waals surface area contributed by atoms with Crippen LogP contribution in [0.1, 0.15) is 56.5 Å². The lowest BCUT2D eigenvalue weighted by Gasteiger charge is -2.30. The van der Waals surface area contributed by atoms with Crippen LogP contribution in [0, 0.1) is 5.92 Å². The molecule has 6 heteroatoms. The van der Waals surface area contributed by atoms with Crippen molar-refractivity contribution in [3.8, 4) is 0 Å². The predicted octanol–water partition coefficient (Wildman–Crippen LogP) is 2.64. The molecule has 1 heterocycles. The van der Waals surface area contributed by atoms with E-state index < -0.39 is 0 Å². The smallest absolute Gasteiger partial charge is 0.251 e. The fourth-order valence-electron chi connectivity index (χ4n) is 2.98. The Kier molecular flexibility index (Phi) is 8.57. The van der Waals surface area contributed by atoms with Gasteiger partial charge in [-0.25, -0.2) is 0 Å². The summed E-state index contributed by atoms with van der Waals surface area (Å²) in [6.07, 6.45) is 1.38. The van der Waals surface area contributed by atoms with E-state index in [2.05, 4.69) is 43.6 Å². The summed E-state index contributed by atoms with van der Waals surface area (Å²) in [5, 5.41) is 9.17. The summed E-state index contributed by atoms with van der Waals surface area (Å²) in [6.45, 7) is 10.8. The second kappa shape index (κ2) is 9.93. The molecule has 3 N–H and O–H groups in total. The molecule has 2 rings (SSSR count). The van der Waals surface area contributed by atoms with Crippen molar-refractivity contribution >= 4 is 24.2 Å². The van der Waals surface area contributed by atoms with Crippen LogP contribution in [0.4, 0.5) is 0 Å². The fraction of sp³-hybridized carbons (Fsp3) is 0.600. The molecule has 1 aromatic carbocycles. The highest BCUT2D eigenvalue weighted by Crippen LogP contribution is 2.22. The van der Waals surface area contributed by atoms with Crippen molar-refractivity contribution in [2.45, 2.75) is 52.0 Å². The van der Waals surface area contributed by atoms with E-state index in [1.165, 1.54) is 5.56 Å². The molecule has 0 aromatic heterocycles. The monoisotopic (exact) mass is 381 g/mol. The fourth-order valence-corrected chi connectivity index (χ4v) is 2.98. The average molecular weight is 382 g/mol. The van der Waals surface area contributed by atoms with Gasteiger partial charge in [0.1, 0.15) is 0 Å². The van der Waals surface area contributed by atoms with Crippen LogP contribution >= 0.6 is 12.4 Å². The van der Waals surface area contributed by atoms with Gasteiger partial charge < -0.3 is 16.0 Å². The topological polar surface area (TPSA) is 70.2 Å². The predicted molar refractivity (Wildman–Crippen MR) is 108 cm³/mol. The van der Waals surface area contributed by atoms with E-state index in [-0.39, 0.29) is 35.7 Å². The third-order valence-corrected chi connectivity index (χ3v) is 4.82. The van der Waals surface area contributed by atoms with Gasteiger partial charge in [-0.05, 0) is 42.0 Å². The van der Waals surface area contributed by atoms with Gasteiger partial charge in [-0.15, -0.1) is 12.4 Å². The summed E-state index contributed by atoms with van der Waals surface area (Å²) in [5.74, 6) is 0.339. The van der Waals surface area contributed by atoms with E-state index in [4.69, 9.17) is 0 Å². The molecule has 0 radical (unpaired) electrons. The summed E-state index contributed by atoms with van der Waals surface area (Å²) in [5.41, 5.74) is 1.88. The first-order chi connectivity index (χ1) is 11.8. The van der Waals surface area contributed by atoms with Crippen molar-refractivity contribution in [1.29, 1.82) is 0 Å². The molecule has 1 fully saturated rings. The number of amides is 2. The Hall–Kier alpha value is -1.59. The zero-order chi connectivity index (χ0) is 18.4. The number of hydrogen-bond donors (Lipinski definition) is 3. The number of rotatable bonds is 5. The van der Waals surface area contributed by atoms with Gasteiger partial charge in [-0.1, -0.05) is 39.8 Å². The van der Waals surface area contributed by atoms with Gasteiger partial charge in [0.2, 0.25) is 5.91 Å². The summed E-state index contributed by atoms with van der Waals surface area (Å²) in [6, 6.07) is 7.83. The number of piperidine rings is 1. The maximum Gasteiger partial charge on any atom is 0.251 e. The quantitative estimate of drug-likeness (QED) is 0.734. The van der Waals surface area contributed by atoms with Gasteiger partial charge in [0.25, 0.3) is 5.91 Å². The van der Waals surface area contributed by atoms with Crippen LogP contribution in [-0.4, -0.2) is 37.5 Å². The molecule has 2 unspecified atom stereocenters. The van der Waals surface area contributed by atoms with Gasteiger partial charge in [-0.2, -0.15) is 0 Å². The molecular formula is C20H32ClN3O2. The molecule has 146 valence electrons. The van der Waals surface area contributed by atoms with Crippen molar-refractivity contribution < 1.29 is 9.59 Å². The van der Waals surface area contributed by atoms with E-state index in [0.717, 1.165) is 19.5 Å². The third kappa shape index (κ3) is 6.61. The van der Waals surface area contributed by atoms with E-state index in [1.54, 1.807) is 0 Å². The van der Waals surface area contributed by atoms with Crippen molar-refractivity contribution in [2.24, 2.45) is 5.92 Å². The van der Waals surface area contributed by atoms with E-state index in [0.29, 0.717) is 24.4 Å². The molecule has 1 aliphatic heterocycles. The number of hydrogen-bond acceptors (Lipinski definition) is 3. The molecular weight excluding hydrogens is 350 g/mol. The molecule has 1 aliphatic rings. The molecule has 26 heavy (non-hydrogen) atoms. The number of halogens is 1. The SMILES string of the molecule is CC1CCNCC1NC(=O)CCNC(=O)c1ccc(C(C)(C)C)cc1.Cl. The second-order valence-electron chi connectivity index (χ2n) is 7.98. The van der Waals surface area contributed by atoms with Crippen LogP contribution < -0.4 is 16.0 Å². The van der Waals surface area contributed by atoms with E-state index in [9.17, 15) is 9.59 Å². The largest absolute Gasteiger partial charge is 0.352 e. The summed E-state index contributed by atoms with van der Waals surface area (Å²) in [4.78, 5) is 24.2. The molecule has 1 saturated heterocycles. The standard InChI is InChI=1S/C20H31N3O2.ClH/c1-14-9-11-21-13-17(14)23-18(24)10-12-22-19(25)15-5-7-16(8-6-15)20(2,3)4;/h5-8,14,17,21H,9-13H2,1-4H3,(H,22,25)(H,23,24);1H. The van der Waals surface area contributed by atoms with E-state index in [1.807, 2.05) is 24.3 Å². The van der Waals surface area contributed by atoms with Crippen molar-refractivity contribution in [3.05, 3.63) is 35.4 Å². The second-order valence-corrected chi connectivity index (χ2v) is 7.98. The van der Waals surface area contributed by atoms with Gasteiger partial charge >= 0.3 is 0 Å². The first kappa shape index (κ1) is 22.5. The summed E-state index contributed by atoms with van der Waals surface area (Å²) in [7, 11) is 0. The average Bonchev–Trinajstić information content (AvgIpc) is 2.56. The summed E-state index contributed by atoms with van der Waals surface area (Å²) >= 11 is 0. The zero-order valence-electron chi connectivity index (χ0n) is 16.2. The number of carbonyl (C=O) groups excluding carboxylic acids is 2. The van der Waals surface area contributed by atoms with Gasteiger partial charge in [0.05, 0.1) is 0 Å². The normalized spacial score (nSPS) is 20.0. The molecule has 0 saturated carbocycles. The number of carbonyl (C=O) groups is 2. The summed E-state index contributed by atoms with van der Waals surface area (Å²) < 4.78 is 0. The molecule has 5 nitrogen and oxygen atoms in total. The Morgan fingerprint density at radius 1 is 1.19 bits per heavy atom. The van der Waals surface area contributed by atoms with Crippen molar-refractivity contribution in [1.82, 2.24) is 16.0 Å². The van der Waals surface area contributed by atoms with Crippen LogP contribution in [0.5, 0.6) is 0 Å². The van der Waals surface area contributed by atoms with Crippen LogP contribution in [0.3, 0.4) is 0 Å². The molecule has 0 bridgehead atoms. The minimum Gasteiger partial charge on any atom is -0.352 e. The van der Waals surface area contributed by atoms with Crippen molar-refractivity contribution in [2.75, 3.05) is 19.6 Å². The molecule has 0 aliphatic carbocycles. The Bertz CT molecular complexity index is 596. The van der Waals surface area contributed by atoms with Crippen LogP contribution in [0.2, 0.25) is 0 Å². The molecule has 2 atom stereocenters. The minimum atomic E-state index is -0.138. The molecule has 1 aromatic rings. The number of benzene rings is 1. The minimum absolute atomic E-state index is 0. The zero-order valence-corrected chi connectivity index (χ0v) is 17.0. The van der Waals surface area contributed by atoms with Crippen LogP contribution in [-0.2, 0) is 10.2 Å². The third-order valence-electron chi connectivity index (χ3n) is 4.82. The van der Waals surface area contributed by atoms with Crippen LogP contribution in [0.15, 0.2) is 24.3 Å². The Balaban J connectivity index is 0.00000338. The van der Waals surface area contributed by atoms with Crippen LogP contribution in [0.25, 0.3) is 0 Å². The maximum absolute atomic E-state index is 12.2. The van der Waals surface area contributed by atoms with Gasteiger partial charge in [0.15, 0.2) is 0 Å². The number of nitrogens with one attached hydrogen (secondary N) is 3. The lowest BCUT2D eigenvalue weighted by Crippen LogP contribution is -2.50. The molecule has 0 spiro atoms. The Labute approximate surface area is 163 Å². The highest BCUT2D eigenvalue weighted by atomic mass is 35.5. The first-order valence-electron chi connectivity index (χ1n) is 9.16. The first-order valence-corrected chi connectivity index (χ1v) is 9.16. The Morgan fingerprint density at radius 3 is 2.42 bits per heavy atom. The lowest BCUT2D eigenvalue weighted by atomic mass is 9.87. The van der Waals surface area contributed by atoms with E-state index >= 15 is 0 Å². The highest BCUT2D eigenvalue weighted by molar-refractivity contribution is 5.94. The highest BCUT2D eigenvalue weighted by Gasteiger charge is 2.22. The van der Waals surface area contributed by atoms with Crippen molar-refractivity contribution in [3.63, 3.8) is 0 Å². The Morgan fingerprint density at radius 2 is 1.85 bits per heavy atom. The molecule has 2 amide bonds. The van der Waals surface area contributed by atoms with Gasteiger partial charge in [0, 0.05) is 31.1 Å².